The van der Waals surface area contributed by atoms with Gasteiger partial charge in [0.05, 0.1) is 17.4 Å². The molecular weight excluding hydrogens is 472 g/mol. The van der Waals surface area contributed by atoms with E-state index in [0.29, 0.717) is 12.8 Å². The Labute approximate surface area is 221 Å². The lowest BCUT2D eigenvalue weighted by Crippen LogP contribution is -2.45. The predicted molar refractivity (Wildman–Crippen MR) is 140 cm³/mol. The Morgan fingerprint density at radius 2 is 1.73 bits per heavy atom. The molecule has 3 unspecified atom stereocenters. The highest BCUT2D eigenvalue weighted by Crippen LogP contribution is 2.46. The van der Waals surface area contributed by atoms with Crippen molar-refractivity contribution in [3.05, 3.63) is 29.8 Å². The van der Waals surface area contributed by atoms with Crippen LogP contribution < -0.4 is 0 Å². The lowest BCUT2D eigenvalue weighted by atomic mass is 9.68. The largest absolute Gasteiger partial charge is 0.508 e. The molecule has 0 radical (unpaired) electrons. The smallest absolute Gasteiger partial charge is 0.347 e. The first-order valence-electron chi connectivity index (χ1n) is 13.8. The van der Waals surface area contributed by atoms with Gasteiger partial charge in [0.1, 0.15) is 11.4 Å². The average Bonchev–Trinajstić information content (AvgIpc) is 3.27. The molecule has 0 bridgehead atoms. The van der Waals surface area contributed by atoms with Crippen molar-refractivity contribution in [1.82, 2.24) is 0 Å². The van der Waals surface area contributed by atoms with E-state index in [-0.39, 0.29) is 30.7 Å². The molecule has 1 heterocycles. The summed E-state index contributed by atoms with van der Waals surface area (Å²) in [4.78, 5) is 39.2. The number of benzene rings is 1. The molecule has 0 amide bonds. The average molecular weight is 517 g/mol. The van der Waals surface area contributed by atoms with E-state index in [2.05, 4.69) is 13.8 Å². The monoisotopic (exact) mass is 516 g/mol. The molecule has 1 saturated heterocycles. The SMILES string of the molecule is CCC(CC(C)(CC(C)(C)C(=O)OC1CCOC1=O)C(=O)OC1(CC)CCCCC1)c1ccc(O)cc1. The van der Waals surface area contributed by atoms with Crippen molar-refractivity contribution < 1.29 is 33.7 Å². The number of phenolic OH excluding ortho intramolecular Hbond substituents is 1. The molecule has 1 aromatic carbocycles. The summed E-state index contributed by atoms with van der Waals surface area (Å²) in [5.74, 6) is -1.10. The number of carbonyl (C=O) groups is 3. The van der Waals surface area contributed by atoms with Gasteiger partial charge in [0, 0.05) is 6.42 Å². The fraction of sp³-hybridized carbons (Fsp3) is 0.700. The molecule has 1 N–H and O–H groups in total. The summed E-state index contributed by atoms with van der Waals surface area (Å²) in [6, 6.07) is 7.08. The van der Waals surface area contributed by atoms with Crippen molar-refractivity contribution in [1.29, 1.82) is 0 Å². The van der Waals surface area contributed by atoms with Crippen LogP contribution in [0.3, 0.4) is 0 Å². The minimum Gasteiger partial charge on any atom is -0.508 e. The Kier molecular flexibility index (Phi) is 9.30. The highest BCUT2D eigenvalue weighted by molar-refractivity contribution is 5.84. The van der Waals surface area contributed by atoms with E-state index in [1.165, 1.54) is 0 Å². The molecule has 37 heavy (non-hydrogen) atoms. The molecule has 0 spiro atoms. The van der Waals surface area contributed by atoms with E-state index in [4.69, 9.17) is 14.2 Å². The van der Waals surface area contributed by atoms with E-state index < -0.39 is 34.5 Å². The topological polar surface area (TPSA) is 99.1 Å². The molecule has 3 atom stereocenters. The van der Waals surface area contributed by atoms with E-state index in [1.807, 2.05) is 19.1 Å². The van der Waals surface area contributed by atoms with E-state index in [1.54, 1.807) is 26.0 Å². The summed E-state index contributed by atoms with van der Waals surface area (Å²) in [6.45, 7) is 9.80. The van der Waals surface area contributed by atoms with E-state index in [9.17, 15) is 19.5 Å². The molecule has 1 aliphatic heterocycles. The summed E-state index contributed by atoms with van der Waals surface area (Å²) in [5.41, 5.74) is -1.45. The molecule has 2 fully saturated rings. The second-order valence-electron chi connectivity index (χ2n) is 11.9. The Balaban J connectivity index is 1.88. The van der Waals surface area contributed by atoms with Crippen LogP contribution in [0.15, 0.2) is 24.3 Å². The second kappa shape index (κ2) is 11.9. The number of carbonyl (C=O) groups excluding carboxylic acids is 3. The number of esters is 3. The van der Waals surface area contributed by atoms with Gasteiger partial charge in [-0.3, -0.25) is 9.59 Å². The van der Waals surface area contributed by atoms with Crippen LogP contribution in [0.25, 0.3) is 0 Å². The van der Waals surface area contributed by atoms with Gasteiger partial charge in [0.15, 0.2) is 0 Å². The van der Waals surface area contributed by atoms with Crippen molar-refractivity contribution >= 4 is 17.9 Å². The summed E-state index contributed by atoms with van der Waals surface area (Å²) in [6.07, 6.45) is 6.64. The van der Waals surface area contributed by atoms with Gasteiger partial charge < -0.3 is 19.3 Å². The summed E-state index contributed by atoms with van der Waals surface area (Å²) < 4.78 is 16.8. The fourth-order valence-electron chi connectivity index (χ4n) is 5.98. The molecule has 1 saturated carbocycles. The van der Waals surface area contributed by atoms with Gasteiger partial charge in [0.2, 0.25) is 6.10 Å². The van der Waals surface area contributed by atoms with Crippen LogP contribution in [0.4, 0.5) is 0 Å². The van der Waals surface area contributed by atoms with Crippen molar-refractivity contribution in [2.45, 2.75) is 116 Å². The van der Waals surface area contributed by atoms with Crippen molar-refractivity contribution in [2.24, 2.45) is 10.8 Å². The quantitative estimate of drug-likeness (QED) is 0.276. The van der Waals surface area contributed by atoms with Gasteiger partial charge >= 0.3 is 17.9 Å². The first kappa shape index (κ1) is 29.0. The number of cyclic esters (lactones) is 1. The molecule has 0 aromatic heterocycles. The van der Waals surface area contributed by atoms with Gasteiger partial charge in [-0.05, 0) is 95.8 Å². The highest BCUT2D eigenvalue weighted by Gasteiger charge is 2.48. The maximum Gasteiger partial charge on any atom is 0.347 e. The number of hydrogen-bond donors (Lipinski definition) is 1. The molecule has 7 nitrogen and oxygen atoms in total. The van der Waals surface area contributed by atoms with E-state index in [0.717, 1.165) is 50.5 Å². The molecule has 3 rings (SSSR count). The number of ether oxygens (including phenoxy) is 3. The van der Waals surface area contributed by atoms with Crippen LogP contribution >= 0.6 is 0 Å². The third-order valence-corrected chi connectivity index (χ3v) is 8.29. The van der Waals surface area contributed by atoms with Gasteiger partial charge in [-0.1, -0.05) is 32.4 Å². The Morgan fingerprint density at radius 1 is 1.08 bits per heavy atom. The van der Waals surface area contributed by atoms with Gasteiger partial charge in [0.25, 0.3) is 0 Å². The Hall–Kier alpha value is -2.57. The normalized spacial score (nSPS) is 22.0. The predicted octanol–water partition coefficient (Wildman–Crippen LogP) is 6.21. The Bertz CT molecular complexity index is 945. The third-order valence-electron chi connectivity index (χ3n) is 8.29. The third kappa shape index (κ3) is 7.05. The number of rotatable bonds is 11. The van der Waals surface area contributed by atoms with Crippen molar-refractivity contribution in [3.63, 3.8) is 0 Å². The second-order valence-corrected chi connectivity index (χ2v) is 11.9. The Morgan fingerprint density at radius 3 is 2.27 bits per heavy atom. The molecular formula is C30H44O7. The minimum atomic E-state index is -1.03. The summed E-state index contributed by atoms with van der Waals surface area (Å²) in [5, 5.41) is 9.76. The standard InChI is InChI=1S/C30H44O7/c1-6-21(22-11-13-23(31)14-12-22)19-29(5,27(34)37-30(7-2)16-9-8-10-17-30)20-28(3,4)26(33)36-24-15-18-35-25(24)32/h11-14,21,24,31H,6-10,15-20H2,1-5H3. The van der Waals surface area contributed by atoms with Gasteiger partial charge in [-0.25, -0.2) is 4.79 Å². The van der Waals surface area contributed by atoms with Crippen LogP contribution in [0.5, 0.6) is 5.75 Å². The summed E-state index contributed by atoms with van der Waals surface area (Å²) in [7, 11) is 0. The van der Waals surface area contributed by atoms with Crippen molar-refractivity contribution in [2.75, 3.05) is 6.61 Å². The van der Waals surface area contributed by atoms with Crippen LogP contribution in [-0.2, 0) is 28.6 Å². The molecule has 206 valence electrons. The molecule has 1 aromatic rings. The molecule has 1 aliphatic carbocycles. The summed E-state index contributed by atoms with van der Waals surface area (Å²) >= 11 is 0. The zero-order valence-corrected chi connectivity index (χ0v) is 23.1. The first-order valence-corrected chi connectivity index (χ1v) is 13.8. The minimum absolute atomic E-state index is 0.0266. The number of aromatic hydroxyl groups is 1. The van der Waals surface area contributed by atoms with Crippen LogP contribution in [0, 0.1) is 10.8 Å². The van der Waals surface area contributed by atoms with Gasteiger partial charge in [-0.15, -0.1) is 0 Å². The molecule has 7 heteroatoms. The zero-order valence-electron chi connectivity index (χ0n) is 23.1. The van der Waals surface area contributed by atoms with Gasteiger partial charge in [-0.2, -0.15) is 0 Å². The van der Waals surface area contributed by atoms with Crippen molar-refractivity contribution in [3.8, 4) is 5.75 Å². The highest BCUT2D eigenvalue weighted by atomic mass is 16.6. The van der Waals surface area contributed by atoms with Crippen LogP contribution in [0.2, 0.25) is 0 Å². The molecule has 2 aliphatic rings. The lowest BCUT2D eigenvalue weighted by Gasteiger charge is -2.42. The fourth-order valence-corrected chi connectivity index (χ4v) is 5.98. The lowest BCUT2D eigenvalue weighted by molar-refractivity contribution is -0.181. The number of hydrogen-bond acceptors (Lipinski definition) is 7. The first-order chi connectivity index (χ1) is 17.4. The van der Waals surface area contributed by atoms with Crippen LogP contribution in [0.1, 0.15) is 110 Å². The number of phenols is 1. The van der Waals surface area contributed by atoms with Crippen LogP contribution in [-0.4, -0.2) is 41.3 Å². The zero-order chi connectivity index (χ0) is 27.3. The maximum absolute atomic E-state index is 14.0. The maximum atomic E-state index is 14.0. The van der Waals surface area contributed by atoms with E-state index >= 15 is 0 Å².